The van der Waals surface area contributed by atoms with Crippen LogP contribution >= 0.6 is 0 Å². The normalized spacial score (nSPS) is 11.9. The molecule has 92 valence electrons. The second-order valence-electron chi connectivity index (χ2n) is 3.72. The van der Waals surface area contributed by atoms with E-state index in [1.165, 1.54) is 19.2 Å². The van der Waals surface area contributed by atoms with Crippen molar-refractivity contribution in [3.63, 3.8) is 0 Å². The van der Waals surface area contributed by atoms with Crippen LogP contribution in [0.4, 0.5) is 0 Å². The van der Waals surface area contributed by atoms with Crippen LogP contribution in [0.1, 0.15) is 35.2 Å². The van der Waals surface area contributed by atoms with Crippen molar-refractivity contribution in [2.75, 3.05) is 7.11 Å². The van der Waals surface area contributed by atoms with E-state index in [1.807, 2.05) is 0 Å². The van der Waals surface area contributed by atoms with Gasteiger partial charge in [-0.1, -0.05) is 6.92 Å². The first-order chi connectivity index (χ1) is 8.01. The molecule has 0 saturated heterocycles. The third-order valence-electron chi connectivity index (χ3n) is 2.56. The van der Waals surface area contributed by atoms with Crippen LogP contribution in [0, 0.1) is 0 Å². The van der Waals surface area contributed by atoms with Crippen LogP contribution < -0.4 is 4.74 Å². The molecule has 0 radical (unpaired) electrons. The number of ether oxygens (including phenoxy) is 1. The lowest BCUT2D eigenvalue weighted by atomic mass is 9.95. The van der Waals surface area contributed by atoms with E-state index in [-0.39, 0.29) is 23.7 Å². The Morgan fingerprint density at radius 1 is 1.53 bits per heavy atom. The number of aromatic hydroxyl groups is 1. The number of aldehydes is 1. The number of rotatable bonds is 5. The van der Waals surface area contributed by atoms with Crippen LogP contribution in [-0.2, 0) is 4.79 Å². The summed E-state index contributed by atoms with van der Waals surface area (Å²) >= 11 is 0. The maximum absolute atomic E-state index is 10.9. The molecule has 0 spiro atoms. The van der Waals surface area contributed by atoms with Crippen LogP contribution in [0.25, 0.3) is 0 Å². The van der Waals surface area contributed by atoms with E-state index >= 15 is 0 Å². The smallest absolute Gasteiger partial charge is 0.339 e. The molecule has 0 saturated carbocycles. The molecule has 1 atom stereocenters. The summed E-state index contributed by atoms with van der Waals surface area (Å²) in [7, 11) is 1.42. The van der Waals surface area contributed by atoms with Crippen molar-refractivity contribution < 1.29 is 24.5 Å². The average Bonchev–Trinajstić information content (AvgIpc) is 2.28. The lowest BCUT2D eigenvalue weighted by molar-refractivity contribution is -0.108. The summed E-state index contributed by atoms with van der Waals surface area (Å²) in [4.78, 5) is 21.4. The van der Waals surface area contributed by atoms with E-state index in [1.54, 1.807) is 6.92 Å². The number of hydrogen-bond acceptors (Lipinski definition) is 4. The van der Waals surface area contributed by atoms with Gasteiger partial charge in [0.2, 0.25) is 0 Å². The topological polar surface area (TPSA) is 83.8 Å². The fourth-order valence-electron chi connectivity index (χ4n) is 1.59. The number of carbonyl (C=O) groups is 2. The first-order valence-corrected chi connectivity index (χ1v) is 5.09. The van der Waals surface area contributed by atoms with E-state index in [0.717, 1.165) is 6.29 Å². The summed E-state index contributed by atoms with van der Waals surface area (Å²) in [6.45, 7) is 1.79. The van der Waals surface area contributed by atoms with Crippen molar-refractivity contribution in [3.05, 3.63) is 23.3 Å². The quantitative estimate of drug-likeness (QED) is 0.764. The third kappa shape index (κ3) is 2.75. The Balaban J connectivity index is 3.30. The molecule has 1 rings (SSSR count). The van der Waals surface area contributed by atoms with Crippen LogP contribution in [0.2, 0.25) is 0 Å². The number of carboxylic acid groups (broad SMARTS) is 1. The van der Waals surface area contributed by atoms with Crippen molar-refractivity contribution in [3.8, 4) is 11.5 Å². The predicted octanol–water partition coefficient (Wildman–Crippen LogP) is 1.79. The Morgan fingerprint density at radius 2 is 2.18 bits per heavy atom. The van der Waals surface area contributed by atoms with Crippen molar-refractivity contribution in [2.24, 2.45) is 0 Å². The molecule has 0 aliphatic carbocycles. The van der Waals surface area contributed by atoms with Gasteiger partial charge >= 0.3 is 5.97 Å². The van der Waals surface area contributed by atoms with Crippen molar-refractivity contribution in [1.29, 1.82) is 0 Å². The largest absolute Gasteiger partial charge is 0.507 e. The molecule has 0 bridgehead atoms. The molecule has 5 nitrogen and oxygen atoms in total. The molecular weight excluding hydrogens is 224 g/mol. The summed E-state index contributed by atoms with van der Waals surface area (Å²) < 4.78 is 5.06. The number of carbonyl (C=O) groups excluding carboxylic acids is 1. The fourth-order valence-corrected chi connectivity index (χ4v) is 1.59. The van der Waals surface area contributed by atoms with Gasteiger partial charge in [-0.3, -0.25) is 0 Å². The van der Waals surface area contributed by atoms with E-state index in [2.05, 4.69) is 0 Å². The zero-order chi connectivity index (χ0) is 13.0. The van der Waals surface area contributed by atoms with Gasteiger partial charge in [-0.25, -0.2) is 4.79 Å². The SMILES string of the molecule is COc1cc(O)c(C(=O)O)cc1C(C)CC=O. The molecule has 5 heteroatoms. The fraction of sp³-hybridized carbons (Fsp3) is 0.333. The first-order valence-electron chi connectivity index (χ1n) is 5.09. The van der Waals surface area contributed by atoms with Gasteiger partial charge in [-0.15, -0.1) is 0 Å². The van der Waals surface area contributed by atoms with Gasteiger partial charge in [-0.05, 0) is 17.5 Å². The second kappa shape index (κ2) is 5.34. The Bertz CT molecular complexity index is 439. The Morgan fingerprint density at radius 3 is 2.65 bits per heavy atom. The zero-order valence-electron chi connectivity index (χ0n) is 9.64. The molecular formula is C12H14O5. The number of methoxy groups -OCH3 is 1. The molecule has 0 aliphatic rings. The monoisotopic (exact) mass is 238 g/mol. The van der Waals surface area contributed by atoms with Gasteiger partial charge in [0.25, 0.3) is 0 Å². The molecule has 1 aromatic rings. The summed E-state index contributed by atoms with van der Waals surface area (Å²) in [5, 5.41) is 18.4. The molecule has 17 heavy (non-hydrogen) atoms. The number of phenols is 1. The highest BCUT2D eigenvalue weighted by Gasteiger charge is 2.18. The highest BCUT2D eigenvalue weighted by Crippen LogP contribution is 2.34. The Kier molecular flexibility index (Phi) is 4.09. The molecule has 0 aliphatic heterocycles. The maximum Gasteiger partial charge on any atom is 0.339 e. The number of aromatic carboxylic acids is 1. The van der Waals surface area contributed by atoms with Gasteiger partial charge in [-0.2, -0.15) is 0 Å². The third-order valence-corrected chi connectivity index (χ3v) is 2.56. The standard InChI is InChI=1S/C12H14O5/c1-7(3-4-13)8-5-9(12(15)16)10(14)6-11(8)17-2/h4-7,14H,3H2,1-2H3,(H,15,16). The van der Waals surface area contributed by atoms with Gasteiger partial charge in [0.1, 0.15) is 23.3 Å². The number of hydrogen-bond donors (Lipinski definition) is 2. The first kappa shape index (κ1) is 13.0. The lowest BCUT2D eigenvalue weighted by Crippen LogP contribution is -2.03. The van der Waals surface area contributed by atoms with Gasteiger partial charge in [0.05, 0.1) is 7.11 Å². The Hall–Kier alpha value is -2.04. The van der Waals surface area contributed by atoms with Gasteiger partial charge in [0.15, 0.2) is 0 Å². The Labute approximate surface area is 98.6 Å². The number of carboxylic acids is 1. The van der Waals surface area contributed by atoms with Crippen molar-refractivity contribution in [1.82, 2.24) is 0 Å². The molecule has 1 aromatic carbocycles. The van der Waals surface area contributed by atoms with E-state index in [9.17, 15) is 14.7 Å². The lowest BCUT2D eigenvalue weighted by Gasteiger charge is -2.15. The maximum atomic E-state index is 10.9. The highest BCUT2D eigenvalue weighted by molar-refractivity contribution is 5.91. The van der Waals surface area contributed by atoms with E-state index in [0.29, 0.717) is 11.3 Å². The average molecular weight is 238 g/mol. The van der Waals surface area contributed by atoms with Crippen LogP contribution in [0.3, 0.4) is 0 Å². The van der Waals surface area contributed by atoms with E-state index < -0.39 is 5.97 Å². The second-order valence-corrected chi connectivity index (χ2v) is 3.72. The summed E-state index contributed by atoms with van der Waals surface area (Å²) in [5.74, 6) is -1.36. The van der Waals surface area contributed by atoms with E-state index in [4.69, 9.17) is 9.84 Å². The number of benzene rings is 1. The minimum atomic E-state index is -1.22. The van der Waals surface area contributed by atoms with Crippen LogP contribution in [-0.4, -0.2) is 29.6 Å². The summed E-state index contributed by atoms with van der Waals surface area (Å²) in [5.41, 5.74) is 0.397. The molecule has 0 aromatic heterocycles. The molecule has 2 N–H and O–H groups in total. The summed E-state index contributed by atoms with van der Waals surface area (Å²) in [6.07, 6.45) is 1.03. The molecule has 1 unspecified atom stereocenters. The van der Waals surface area contributed by atoms with Gasteiger partial charge in [0, 0.05) is 12.5 Å². The molecule has 0 heterocycles. The van der Waals surface area contributed by atoms with Crippen LogP contribution in [0.5, 0.6) is 11.5 Å². The minimum Gasteiger partial charge on any atom is -0.507 e. The molecule has 0 amide bonds. The predicted molar refractivity (Wildman–Crippen MR) is 60.7 cm³/mol. The van der Waals surface area contributed by atoms with Gasteiger partial charge < -0.3 is 19.7 Å². The van der Waals surface area contributed by atoms with Crippen LogP contribution in [0.15, 0.2) is 12.1 Å². The van der Waals surface area contributed by atoms with Crippen molar-refractivity contribution in [2.45, 2.75) is 19.3 Å². The molecule has 0 fully saturated rings. The summed E-state index contributed by atoms with van der Waals surface area (Å²) in [6, 6.07) is 2.59. The highest BCUT2D eigenvalue weighted by atomic mass is 16.5. The van der Waals surface area contributed by atoms with Crippen molar-refractivity contribution >= 4 is 12.3 Å². The zero-order valence-corrected chi connectivity index (χ0v) is 9.64. The minimum absolute atomic E-state index is 0.166.